The molecular formula is C17H14ClF3N6O. The van der Waals surface area contributed by atoms with E-state index in [1.165, 1.54) is 24.4 Å². The van der Waals surface area contributed by atoms with E-state index >= 15 is 0 Å². The van der Waals surface area contributed by atoms with Crippen LogP contribution in [-0.2, 0) is 6.54 Å². The minimum Gasteiger partial charge on any atom is -0.415 e. The molecule has 2 aromatic heterocycles. The summed E-state index contributed by atoms with van der Waals surface area (Å²) in [6.45, 7) is 0.0559. The fourth-order valence-corrected chi connectivity index (χ4v) is 2.43. The number of hydrogen-bond donors (Lipinski definition) is 2. The molecule has 4 N–H and O–H groups in total. The van der Waals surface area contributed by atoms with Gasteiger partial charge in [0.15, 0.2) is 0 Å². The highest BCUT2D eigenvalue weighted by Crippen LogP contribution is 2.24. The number of benzene rings is 1. The van der Waals surface area contributed by atoms with Gasteiger partial charge in [-0.1, -0.05) is 23.7 Å². The van der Waals surface area contributed by atoms with Gasteiger partial charge in [0.2, 0.25) is 5.89 Å². The zero-order chi connectivity index (χ0) is 20.3. The third kappa shape index (κ3) is 4.24. The van der Waals surface area contributed by atoms with E-state index in [0.717, 1.165) is 5.01 Å². The van der Waals surface area contributed by atoms with Crippen molar-refractivity contribution in [2.75, 3.05) is 0 Å². The Labute approximate surface area is 162 Å². The van der Waals surface area contributed by atoms with Crippen LogP contribution in [0.25, 0.3) is 17.2 Å². The summed E-state index contributed by atoms with van der Waals surface area (Å²) < 4.78 is 43.7. The predicted molar refractivity (Wildman–Crippen MR) is 95.6 cm³/mol. The predicted octanol–water partition coefficient (Wildman–Crippen LogP) is 3.41. The topological polar surface area (TPSA) is 107 Å². The number of rotatable bonds is 6. The quantitative estimate of drug-likeness (QED) is 0.364. The van der Waals surface area contributed by atoms with E-state index in [1.54, 1.807) is 18.2 Å². The van der Waals surface area contributed by atoms with Crippen molar-refractivity contribution >= 4 is 17.3 Å². The van der Waals surface area contributed by atoms with Gasteiger partial charge in [0, 0.05) is 11.8 Å². The minimum absolute atomic E-state index is 0.0238. The van der Waals surface area contributed by atoms with E-state index in [-0.39, 0.29) is 28.9 Å². The number of pyridine rings is 1. The SMILES string of the molecule is N/C(=C(/Cl)N(N)Cc1ccc(-c2nnc(C(F)F)o2)cn1)c1ccccc1F. The van der Waals surface area contributed by atoms with Gasteiger partial charge in [0.1, 0.15) is 11.0 Å². The van der Waals surface area contributed by atoms with E-state index < -0.39 is 18.1 Å². The molecule has 0 aliphatic heterocycles. The van der Waals surface area contributed by atoms with Crippen molar-refractivity contribution in [2.45, 2.75) is 13.0 Å². The molecular weight excluding hydrogens is 397 g/mol. The molecule has 0 radical (unpaired) electrons. The first-order chi connectivity index (χ1) is 13.4. The van der Waals surface area contributed by atoms with Crippen LogP contribution in [0, 0.1) is 5.82 Å². The average molecular weight is 411 g/mol. The Morgan fingerprint density at radius 2 is 1.93 bits per heavy atom. The molecule has 0 aliphatic rings. The Morgan fingerprint density at radius 1 is 1.18 bits per heavy atom. The standard InChI is InChI=1S/C17H14ClF3N6O/c18-14(13(22)11-3-1-2-4-12(11)19)27(23)8-10-6-5-9(7-24-10)16-25-26-17(28-16)15(20)21/h1-7,15H,8,22-23H2/b14-13-. The Hall–Kier alpha value is -3.11. The third-order valence-corrected chi connectivity index (χ3v) is 4.09. The average Bonchev–Trinajstić information content (AvgIpc) is 3.18. The van der Waals surface area contributed by atoms with Crippen LogP contribution in [0.5, 0.6) is 0 Å². The van der Waals surface area contributed by atoms with Gasteiger partial charge in [-0.15, -0.1) is 10.2 Å². The maximum absolute atomic E-state index is 13.8. The van der Waals surface area contributed by atoms with Crippen LogP contribution < -0.4 is 11.6 Å². The molecule has 1 aromatic carbocycles. The van der Waals surface area contributed by atoms with Crippen LogP contribution in [0.2, 0.25) is 0 Å². The summed E-state index contributed by atoms with van der Waals surface area (Å²) in [7, 11) is 0. The molecule has 0 fully saturated rings. The van der Waals surface area contributed by atoms with Crippen LogP contribution in [0.15, 0.2) is 52.2 Å². The summed E-state index contributed by atoms with van der Waals surface area (Å²) in [5, 5.41) is 7.83. The van der Waals surface area contributed by atoms with Gasteiger partial charge in [-0.05, 0) is 24.3 Å². The van der Waals surface area contributed by atoms with Crippen LogP contribution in [0.1, 0.15) is 23.6 Å². The summed E-state index contributed by atoms with van der Waals surface area (Å²) in [5.74, 6) is 4.52. The first-order valence-electron chi connectivity index (χ1n) is 7.86. The first kappa shape index (κ1) is 19.6. The molecule has 0 bridgehead atoms. The van der Waals surface area contributed by atoms with Gasteiger partial charge in [-0.2, -0.15) is 8.78 Å². The van der Waals surface area contributed by atoms with Crippen molar-refractivity contribution in [1.29, 1.82) is 0 Å². The Morgan fingerprint density at radius 3 is 2.54 bits per heavy atom. The minimum atomic E-state index is -2.85. The van der Waals surface area contributed by atoms with Crippen LogP contribution >= 0.6 is 11.6 Å². The number of nitrogens with two attached hydrogens (primary N) is 2. The molecule has 0 aliphatic carbocycles. The molecule has 0 amide bonds. The Balaban J connectivity index is 1.74. The molecule has 146 valence electrons. The van der Waals surface area contributed by atoms with E-state index in [2.05, 4.69) is 15.2 Å². The number of aromatic nitrogens is 3. The molecule has 28 heavy (non-hydrogen) atoms. The van der Waals surface area contributed by atoms with Gasteiger partial charge in [0.25, 0.3) is 5.89 Å². The molecule has 0 spiro atoms. The number of hydrazine groups is 1. The number of halogens is 4. The molecule has 0 saturated carbocycles. The lowest BCUT2D eigenvalue weighted by Crippen LogP contribution is -2.29. The van der Waals surface area contributed by atoms with Gasteiger partial charge in [-0.25, -0.2) is 10.2 Å². The number of alkyl halides is 2. The number of nitrogens with zero attached hydrogens (tertiary/aromatic N) is 4. The van der Waals surface area contributed by atoms with Crippen molar-refractivity contribution in [1.82, 2.24) is 20.2 Å². The Bertz CT molecular complexity index is 993. The molecule has 7 nitrogen and oxygen atoms in total. The second-order valence-electron chi connectivity index (χ2n) is 5.60. The normalized spacial score (nSPS) is 12.2. The summed E-state index contributed by atoms with van der Waals surface area (Å²) >= 11 is 6.15. The smallest absolute Gasteiger partial charge is 0.314 e. The summed E-state index contributed by atoms with van der Waals surface area (Å²) in [4.78, 5) is 4.15. The zero-order valence-electron chi connectivity index (χ0n) is 14.2. The highest BCUT2D eigenvalue weighted by molar-refractivity contribution is 6.32. The lowest BCUT2D eigenvalue weighted by molar-refractivity contribution is 0.116. The van der Waals surface area contributed by atoms with E-state index in [4.69, 9.17) is 27.6 Å². The first-order valence-corrected chi connectivity index (χ1v) is 8.24. The van der Waals surface area contributed by atoms with Gasteiger partial charge < -0.3 is 10.2 Å². The van der Waals surface area contributed by atoms with Crippen molar-refractivity contribution in [2.24, 2.45) is 11.6 Å². The van der Waals surface area contributed by atoms with Crippen LogP contribution in [-0.4, -0.2) is 20.2 Å². The lowest BCUT2D eigenvalue weighted by Gasteiger charge is -2.19. The van der Waals surface area contributed by atoms with Crippen molar-refractivity contribution in [3.05, 3.63) is 70.7 Å². The number of hydrogen-bond acceptors (Lipinski definition) is 7. The molecule has 2 heterocycles. The van der Waals surface area contributed by atoms with Crippen LogP contribution in [0.4, 0.5) is 13.2 Å². The van der Waals surface area contributed by atoms with Crippen molar-refractivity contribution in [3.8, 4) is 11.5 Å². The van der Waals surface area contributed by atoms with Gasteiger partial charge in [-0.3, -0.25) is 9.99 Å². The maximum Gasteiger partial charge on any atom is 0.314 e. The molecule has 3 aromatic rings. The van der Waals surface area contributed by atoms with E-state index in [1.807, 2.05) is 0 Å². The molecule has 0 atom stereocenters. The zero-order valence-corrected chi connectivity index (χ0v) is 14.9. The van der Waals surface area contributed by atoms with Crippen molar-refractivity contribution in [3.63, 3.8) is 0 Å². The summed E-state index contributed by atoms with van der Waals surface area (Å²) in [6, 6.07) is 9.01. The third-order valence-electron chi connectivity index (χ3n) is 3.67. The summed E-state index contributed by atoms with van der Waals surface area (Å²) in [5.41, 5.74) is 6.84. The van der Waals surface area contributed by atoms with Gasteiger partial charge >= 0.3 is 6.43 Å². The molecule has 11 heteroatoms. The van der Waals surface area contributed by atoms with Crippen molar-refractivity contribution < 1.29 is 17.6 Å². The fourth-order valence-electron chi connectivity index (χ4n) is 2.27. The highest BCUT2D eigenvalue weighted by Gasteiger charge is 2.17. The molecule has 3 rings (SSSR count). The lowest BCUT2D eigenvalue weighted by atomic mass is 10.1. The Kier molecular flexibility index (Phi) is 5.81. The maximum atomic E-state index is 13.8. The molecule has 0 saturated heterocycles. The largest absolute Gasteiger partial charge is 0.415 e. The second-order valence-corrected chi connectivity index (χ2v) is 5.95. The monoisotopic (exact) mass is 410 g/mol. The van der Waals surface area contributed by atoms with Gasteiger partial charge in [0.05, 0.1) is 23.5 Å². The highest BCUT2D eigenvalue weighted by atomic mass is 35.5. The second kappa shape index (κ2) is 8.28. The van der Waals surface area contributed by atoms with E-state index in [0.29, 0.717) is 11.3 Å². The van der Waals surface area contributed by atoms with Crippen LogP contribution in [0.3, 0.4) is 0 Å². The van der Waals surface area contributed by atoms with E-state index in [9.17, 15) is 13.2 Å². The summed E-state index contributed by atoms with van der Waals surface area (Å²) in [6.07, 6.45) is -1.49. The fraction of sp³-hybridized carbons (Fsp3) is 0.118. The molecule has 0 unspecified atom stereocenters.